The van der Waals surface area contributed by atoms with E-state index in [1.54, 1.807) is 24.3 Å². The zero-order chi connectivity index (χ0) is 16.9. The Labute approximate surface area is 149 Å². The zero-order valence-electron chi connectivity index (χ0n) is 12.8. The average molecular weight is 363 g/mol. The number of nitrogens with one attached hydrogen (secondary N) is 2. The molecule has 0 aliphatic heterocycles. The highest BCUT2D eigenvalue weighted by Gasteiger charge is 2.06. The molecule has 2 N–H and O–H groups in total. The third-order valence-corrected chi connectivity index (χ3v) is 4.13. The van der Waals surface area contributed by atoms with Crippen molar-refractivity contribution >= 4 is 45.9 Å². The highest BCUT2D eigenvalue weighted by Crippen LogP contribution is 2.23. The van der Waals surface area contributed by atoms with Gasteiger partial charge in [0, 0.05) is 32.8 Å². The smallest absolute Gasteiger partial charge is 0.411 e. The molecule has 0 atom stereocenters. The molecule has 1 aromatic heterocycles. The van der Waals surface area contributed by atoms with Crippen LogP contribution in [0.25, 0.3) is 10.9 Å². The quantitative estimate of drug-likeness (QED) is 0.575. The van der Waals surface area contributed by atoms with E-state index in [4.69, 9.17) is 27.9 Å². The number of halogens is 2. The molecule has 124 valence electrons. The predicted octanol–water partition coefficient (Wildman–Crippen LogP) is 5.66. The summed E-state index contributed by atoms with van der Waals surface area (Å²) >= 11 is 11.8. The molecule has 2 aromatic carbocycles. The lowest BCUT2D eigenvalue weighted by molar-refractivity contribution is 0.160. The van der Waals surface area contributed by atoms with Crippen LogP contribution in [-0.2, 0) is 11.2 Å². The van der Waals surface area contributed by atoms with Crippen molar-refractivity contribution < 1.29 is 9.53 Å². The number of fused-ring (bicyclic) bond motifs is 1. The molecule has 1 heterocycles. The maximum absolute atomic E-state index is 11.7. The molecule has 0 aliphatic rings. The predicted molar refractivity (Wildman–Crippen MR) is 98.1 cm³/mol. The van der Waals surface area contributed by atoms with E-state index in [0.29, 0.717) is 22.3 Å². The standard InChI is InChI=1S/C18H16Cl2N2O2/c19-13-3-6-15(7-4-13)22-18(23)24-9-1-2-12-11-21-17-8-5-14(20)10-16(12)17/h3-8,10-11,21H,1-2,9H2,(H,22,23). The summed E-state index contributed by atoms with van der Waals surface area (Å²) in [6.07, 6.45) is 3.02. The maximum Gasteiger partial charge on any atom is 0.411 e. The lowest BCUT2D eigenvalue weighted by Gasteiger charge is -2.07. The van der Waals surface area contributed by atoms with Gasteiger partial charge in [0.15, 0.2) is 0 Å². The lowest BCUT2D eigenvalue weighted by Crippen LogP contribution is -2.14. The summed E-state index contributed by atoms with van der Waals surface area (Å²) in [4.78, 5) is 14.9. The number of benzene rings is 2. The van der Waals surface area contributed by atoms with Crippen molar-refractivity contribution in [2.75, 3.05) is 11.9 Å². The van der Waals surface area contributed by atoms with Crippen LogP contribution < -0.4 is 5.32 Å². The van der Waals surface area contributed by atoms with E-state index >= 15 is 0 Å². The molecule has 0 bridgehead atoms. The first-order valence-corrected chi connectivity index (χ1v) is 8.32. The Morgan fingerprint density at radius 1 is 1.08 bits per heavy atom. The summed E-state index contributed by atoms with van der Waals surface area (Å²) in [5, 5.41) is 5.09. The number of carbonyl (C=O) groups is 1. The van der Waals surface area contributed by atoms with Gasteiger partial charge in [0.05, 0.1) is 6.61 Å². The molecular formula is C18H16Cl2N2O2. The fourth-order valence-electron chi connectivity index (χ4n) is 2.47. The van der Waals surface area contributed by atoms with Crippen molar-refractivity contribution in [2.45, 2.75) is 12.8 Å². The molecule has 0 fully saturated rings. The zero-order valence-corrected chi connectivity index (χ0v) is 14.3. The first-order chi connectivity index (χ1) is 11.6. The number of aromatic nitrogens is 1. The largest absolute Gasteiger partial charge is 0.449 e. The van der Waals surface area contributed by atoms with Gasteiger partial charge in [-0.3, -0.25) is 5.32 Å². The van der Waals surface area contributed by atoms with Crippen LogP contribution in [0, 0.1) is 0 Å². The Morgan fingerprint density at radius 3 is 2.62 bits per heavy atom. The van der Waals surface area contributed by atoms with Gasteiger partial charge in [-0.15, -0.1) is 0 Å². The fraction of sp³-hybridized carbons (Fsp3) is 0.167. The number of H-pyrrole nitrogens is 1. The highest BCUT2D eigenvalue weighted by atomic mass is 35.5. The molecular weight excluding hydrogens is 347 g/mol. The minimum atomic E-state index is -0.473. The third kappa shape index (κ3) is 4.22. The van der Waals surface area contributed by atoms with E-state index in [1.807, 2.05) is 24.4 Å². The minimum Gasteiger partial charge on any atom is -0.449 e. The van der Waals surface area contributed by atoms with Crippen molar-refractivity contribution in [3.05, 3.63) is 64.3 Å². The summed E-state index contributed by atoms with van der Waals surface area (Å²) in [7, 11) is 0. The number of amides is 1. The number of rotatable bonds is 5. The first kappa shape index (κ1) is 16.7. The Hall–Kier alpha value is -2.17. The summed E-state index contributed by atoms with van der Waals surface area (Å²) in [6, 6.07) is 12.6. The molecule has 6 heteroatoms. The number of hydrogen-bond acceptors (Lipinski definition) is 2. The Morgan fingerprint density at radius 2 is 1.83 bits per heavy atom. The van der Waals surface area contributed by atoms with E-state index < -0.39 is 6.09 Å². The van der Waals surface area contributed by atoms with Crippen LogP contribution in [0.15, 0.2) is 48.7 Å². The molecule has 0 aliphatic carbocycles. The Bertz CT molecular complexity index is 844. The van der Waals surface area contributed by atoms with Crippen LogP contribution in [0.3, 0.4) is 0 Å². The third-order valence-electron chi connectivity index (χ3n) is 3.64. The second kappa shape index (κ2) is 7.60. The second-order valence-corrected chi connectivity index (χ2v) is 6.25. The molecule has 0 unspecified atom stereocenters. The van der Waals surface area contributed by atoms with Gasteiger partial charge in [0.25, 0.3) is 0 Å². The molecule has 1 amide bonds. The fourth-order valence-corrected chi connectivity index (χ4v) is 2.77. The summed E-state index contributed by atoms with van der Waals surface area (Å²) in [5.74, 6) is 0. The minimum absolute atomic E-state index is 0.340. The first-order valence-electron chi connectivity index (χ1n) is 7.57. The van der Waals surface area contributed by atoms with Gasteiger partial charge in [-0.1, -0.05) is 23.2 Å². The van der Waals surface area contributed by atoms with Gasteiger partial charge in [0.2, 0.25) is 0 Å². The molecule has 0 spiro atoms. The maximum atomic E-state index is 11.7. The Balaban J connectivity index is 1.47. The molecule has 0 radical (unpaired) electrons. The van der Waals surface area contributed by atoms with Gasteiger partial charge in [-0.25, -0.2) is 4.79 Å². The van der Waals surface area contributed by atoms with Gasteiger partial charge in [-0.2, -0.15) is 0 Å². The number of aromatic amines is 1. The van der Waals surface area contributed by atoms with E-state index in [0.717, 1.165) is 29.3 Å². The molecule has 3 aromatic rings. The molecule has 24 heavy (non-hydrogen) atoms. The average Bonchev–Trinajstić information content (AvgIpc) is 2.96. The molecule has 3 rings (SSSR count). The number of anilines is 1. The van der Waals surface area contributed by atoms with Crippen molar-refractivity contribution in [3.8, 4) is 0 Å². The van der Waals surface area contributed by atoms with E-state index in [2.05, 4.69) is 10.3 Å². The van der Waals surface area contributed by atoms with Crippen LogP contribution in [-0.4, -0.2) is 17.7 Å². The number of aryl methyl sites for hydroxylation is 1. The van der Waals surface area contributed by atoms with Crippen LogP contribution >= 0.6 is 23.2 Å². The molecule has 4 nitrogen and oxygen atoms in total. The van der Waals surface area contributed by atoms with Crippen molar-refractivity contribution in [1.29, 1.82) is 0 Å². The SMILES string of the molecule is O=C(Nc1ccc(Cl)cc1)OCCCc1c[nH]c2ccc(Cl)cc12. The van der Waals surface area contributed by atoms with Gasteiger partial charge in [0.1, 0.15) is 0 Å². The molecule has 0 saturated carbocycles. The van der Waals surface area contributed by atoms with Crippen LogP contribution in [0.5, 0.6) is 0 Å². The van der Waals surface area contributed by atoms with Crippen LogP contribution in [0.1, 0.15) is 12.0 Å². The van der Waals surface area contributed by atoms with E-state index in [-0.39, 0.29) is 0 Å². The van der Waals surface area contributed by atoms with E-state index in [9.17, 15) is 4.79 Å². The van der Waals surface area contributed by atoms with Crippen molar-refractivity contribution in [2.24, 2.45) is 0 Å². The number of hydrogen-bond donors (Lipinski definition) is 2. The number of carbonyl (C=O) groups excluding carboxylic acids is 1. The van der Waals surface area contributed by atoms with Gasteiger partial charge in [-0.05, 0) is 60.9 Å². The second-order valence-electron chi connectivity index (χ2n) is 5.38. The lowest BCUT2D eigenvalue weighted by atomic mass is 10.1. The Kier molecular flexibility index (Phi) is 5.28. The highest BCUT2D eigenvalue weighted by molar-refractivity contribution is 6.31. The summed E-state index contributed by atoms with van der Waals surface area (Å²) in [6.45, 7) is 0.340. The van der Waals surface area contributed by atoms with E-state index in [1.165, 1.54) is 0 Å². The van der Waals surface area contributed by atoms with Gasteiger partial charge < -0.3 is 9.72 Å². The normalized spacial score (nSPS) is 10.8. The monoisotopic (exact) mass is 362 g/mol. The van der Waals surface area contributed by atoms with Crippen molar-refractivity contribution in [3.63, 3.8) is 0 Å². The summed E-state index contributed by atoms with van der Waals surface area (Å²) in [5.41, 5.74) is 2.86. The topological polar surface area (TPSA) is 54.1 Å². The molecule has 0 saturated heterocycles. The van der Waals surface area contributed by atoms with Crippen LogP contribution in [0.2, 0.25) is 10.0 Å². The van der Waals surface area contributed by atoms with Crippen LogP contribution in [0.4, 0.5) is 10.5 Å². The summed E-state index contributed by atoms with van der Waals surface area (Å²) < 4.78 is 5.19. The van der Waals surface area contributed by atoms with Crippen molar-refractivity contribution in [1.82, 2.24) is 4.98 Å². The number of ether oxygens (including phenoxy) is 1. The van der Waals surface area contributed by atoms with Gasteiger partial charge >= 0.3 is 6.09 Å².